The van der Waals surface area contributed by atoms with Crippen LogP contribution in [-0.4, -0.2) is 12.6 Å². The van der Waals surface area contributed by atoms with Crippen LogP contribution in [0.15, 0.2) is 0 Å². The molecule has 0 aromatic heterocycles. The molecule has 0 aromatic rings. The average Bonchev–Trinajstić information content (AvgIpc) is 1.82. The Balaban J connectivity index is 3.41. The van der Waals surface area contributed by atoms with E-state index in [0.29, 0.717) is 5.92 Å². The van der Waals surface area contributed by atoms with Crippen molar-refractivity contribution in [2.75, 3.05) is 6.54 Å². The van der Waals surface area contributed by atoms with E-state index in [0.717, 1.165) is 13.0 Å². The van der Waals surface area contributed by atoms with Gasteiger partial charge in [-0.2, -0.15) is 0 Å². The molecule has 0 amide bonds. The molecule has 0 rings (SSSR count). The first-order valence-corrected chi connectivity index (χ1v) is 3.68. The summed E-state index contributed by atoms with van der Waals surface area (Å²) in [5.74, 6) is 0.523. The molecule has 0 saturated carbocycles. The van der Waals surface area contributed by atoms with E-state index in [9.17, 15) is 0 Å². The van der Waals surface area contributed by atoms with E-state index in [2.05, 4.69) is 6.92 Å². The second-order valence-electron chi connectivity index (χ2n) is 2.64. The average molecular weight is 130 g/mol. The van der Waals surface area contributed by atoms with Crippen molar-refractivity contribution in [3.05, 3.63) is 0 Å². The topological polar surface area (TPSA) is 52.0 Å². The Hall–Kier alpha value is -0.0800. The molecule has 2 atom stereocenters. The van der Waals surface area contributed by atoms with Crippen LogP contribution in [-0.2, 0) is 0 Å². The Bertz CT molecular complexity index is 61.9. The normalized spacial score (nSPS) is 17.3. The molecule has 0 fully saturated rings. The van der Waals surface area contributed by atoms with E-state index in [1.54, 1.807) is 0 Å². The van der Waals surface area contributed by atoms with Crippen LogP contribution >= 0.6 is 0 Å². The quantitative estimate of drug-likeness (QED) is 0.589. The van der Waals surface area contributed by atoms with Gasteiger partial charge in [-0.15, -0.1) is 0 Å². The molecule has 0 aliphatic heterocycles. The molecule has 0 bridgehead atoms. The van der Waals surface area contributed by atoms with Gasteiger partial charge in [0.2, 0.25) is 0 Å². The third kappa shape index (κ3) is 3.49. The van der Waals surface area contributed by atoms with E-state index < -0.39 is 0 Å². The molecular formula is C7H18N2. The molecule has 0 radical (unpaired) electrons. The zero-order chi connectivity index (χ0) is 7.28. The molecule has 2 nitrogen and oxygen atoms in total. The van der Waals surface area contributed by atoms with Gasteiger partial charge in [0.05, 0.1) is 0 Å². The number of rotatable bonds is 4. The minimum Gasteiger partial charge on any atom is -0.330 e. The lowest BCUT2D eigenvalue weighted by Gasteiger charge is -2.16. The van der Waals surface area contributed by atoms with Crippen LogP contribution in [0.3, 0.4) is 0 Å². The Kier molecular flexibility index (Phi) is 4.72. The van der Waals surface area contributed by atoms with E-state index in [1.165, 1.54) is 6.42 Å². The molecule has 56 valence electrons. The summed E-state index contributed by atoms with van der Waals surface area (Å²) in [5, 5.41) is 0. The number of hydrogen-bond donors (Lipinski definition) is 2. The molecule has 9 heavy (non-hydrogen) atoms. The third-order valence-electron chi connectivity index (χ3n) is 1.71. The zero-order valence-electron chi connectivity index (χ0n) is 6.43. The minimum atomic E-state index is 0.259. The molecule has 0 spiro atoms. The first-order chi connectivity index (χ1) is 4.22. The third-order valence-corrected chi connectivity index (χ3v) is 1.71. The Morgan fingerprint density at radius 2 is 2.00 bits per heavy atom. The van der Waals surface area contributed by atoms with E-state index in [-0.39, 0.29) is 6.04 Å². The van der Waals surface area contributed by atoms with Gasteiger partial charge in [0.15, 0.2) is 0 Å². The van der Waals surface area contributed by atoms with Crippen LogP contribution in [0.4, 0.5) is 0 Å². The van der Waals surface area contributed by atoms with Crippen molar-refractivity contribution < 1.29 is 0 Å². The lowest BCUT2D eigenvalue weighted by atomic mass is 9.97. The molecule has 0 heterocycles. The number of hydrogen-bond acceptors (Lipinski definition) is 2. The highest BCUT2D eigenvalue weighted by molar-refractivity contribution is 4.67. The molecule has 0 aromatic carbocycles. The highest BCUT2D eigenvalue weighted by Crippen LogP contribution is 2.06. The van der Waals surface area contributed by atoms with E-state index in [4.69, 9.17) is 11.5 Å². The number of nitrogens with two attached hydrogens (primary N) is 2. The van der Waals surface area contributed by atoms with Crippen LogP contribution < -0.4 is 11.5 Å². The minimum absolute atomic E-state index is 0.259. The molecule has 4 N–H and O–H groups in total. The van der Waals surface area contributed by atoms with Gasteiger partial charge in [0, 0.05) is 6.04 Å². The first-order valence-electron chi connectivity index (χ1n) is 3.68. The monoisotopic (exact) mass is 130 g/mol. The molecule has 0 saturated heterocycles. The van der Waals surface area contributed by atoms with Crippen molar-refractivity contribution in [2.24, 2.45) is 17.4 Å². The lowest BCUT2D eigenvalue weighted by Crippen LogP contribution is -2.32. The lowest BCUT2D eigenvalue weighted by molar-refractivity contribution is 0.419. The largest absolute Gasteiger partial charge is 0.330 e. The van der Waals surface area contributed by atoms with Crippen molar-refractivity contribution in [3.63, 3.8) is 0 Å². The Morgan fingerprint density at radius 1 is 1.44 bits per heavy atom. The maximum atomic E-state index is 5.65. The van der Waals surface area contributed by atoms with Crippen molar-refractivity contribution in [3.8, 4) is 0 Å². The van der Waals surface area contributed by atoms with Crippen molar-refractivity contribution in [2.45, 2.75) is 32.7 Å². The molecule has 2 heteroatoms. The summed E-state index contributed by atoms with van der Waals surface area (Å²) < 4.78 is 0. The predicted molar refractivity (Wildman–Crippen MR) is 41.1 cm³/mol. The van der Waals surface area contributed by atoms with Crippen LogP contribution in [0.1, 0.15) is 26.7 Å². The van der Waals surface area contributed by atoms with Crippen LogP contribution in [0.25, 0.3) is 0 Å². The summed E-state index contributed by atoms with van der Waals surface area (Å²) in [5.41, 5.74) is 11.1. The highest BCUT2D eigenvalue weighted by atomic mass is 14.7. The second kappa shape index (κ2) is 4.77. The van der Waals surface area contributed by atoms with Crippen molar-refractivity contribution in [1.82, 2.24) is 0 Å². The van der Waals surface area contributed by atoms with Gasteiger partial charge in [0.1, 0.15) is 0 Å². The fourth-order valence-corrected chi connectivity index (χ4v) is 0.966. The summed E-state index contributed by atoms with van der Waals surface area (Å²) in [6.45, 7) is 4.91. The van der Waals surface area contributed by atoms with E-state index in [1.807, 2.05) is 6.92 Å². The van der Waals surface area contributed by atoms with Crippen LogP contribution in [0.5, 0.6) is 0 Å². The standard InChI is InChI=1S/C7H18N2/c1-3-4-7(5-8)6(2)9/h6-7H,3-5,8-9H2,1-2H3/t6-,7?/m1/s1. The van der Waals surface area contributed by atoms with Crippen molar-refractivity contribution >= 4 is 0 Å². The fraction of sp³-hybridized carbons (Fsp3) is 1.00. The van der Waals surface area contributed by atoms with Crippen molar-refractivity contribution in [1.29, 1.82) is 0 Å². The van der Waals surface area contributed by atoms with Gasteiger partial charge in [-0.25, -0.2) is 0 Å². The second-order valence-corrected chi connectivity index (χ2v) is 2.64. The highest BCUT2D eigenvalue weighted by Gasteiger charge is 2.08. The fourth-order valence-electron chi connectivity index (χ4n) is 0.966. The molecular weight excluding hydrogens is 112 g/mol. The predicted octanol–water partition coefficient (Wildman–Crippen LogP) is 0.709. The summed E-state index contributed by atoms with van der Waals surface area (Å²) in [4.78, 5) is 0. The summed E-state index contributed by atoms with van der Waals surface area (Å²) in [6.07, 6.45) is 2.34. The maximum Gasteiger partial charge on any atom is 0.00508 e. The van der Waals surface area contributed by atoms with Gasteiger partial charge in [-0.3, -0.25) is 0 Å². The summed E-state index contributed by atoms with van der Waals surface area (Å²) >= 11 is 0. The summed E-state index contributed by atoms with van der Waals surface area (Å²) in [7, 11) is 0. The van der Waals surface area contributed by atoms with Gasteiger partial charge in [-0.05, 0) is 25.8 Å². The first kappa shape index (κ1) is 8.92. The smallest absolute Gasteiger partial charge is 0.00508 e. The van der Waals surface area contributed by atoms with Gasteiger partial charge in [-0.1, -0.05) is 13.3 Å². The SMILES string of the molecule is CCCC(CN)[C@@H](C)N. The van der Waals surface area contributed by atoms with Gasteiger partial charge in [0.25, 0.3) is 0 Å². The van der Waals surface area contributed by atoms with Crippen LogP contribution in [0.2, 0.25) is 0 Å². The van der Waals surface area contributed by atoms with Gasteiger partial charge >= 0.3 is 0 Å². The zero-order valence-corrected chi connectivity index (χ0v) is 6.43. The molecule has 0 aliphatic carbocycles. The molecule has 1 unspecified atom stereocenters. The summed E-state index contributed by atoms with van der Waals surface area (Å²) in [6, 6.07) is 0.259. The maximum absolute atomic E-state index is 5.65. The Labute approximate surface area is 57.6 Å². The van der Waals surface area contributed by atoms with Crippen LogP contribution in [0, 0.1) is 5.92 Å². The Morgan fingerprint density at radius 3 is 2.11 bits per heavy atom. The van der Waals surface area contributed by atoms with Gasteiger partial charge < -0.3 is 11.5 Å². The molecule has 0 aliphatic rings. The van der Waals surface area contributed by atoms with E-state index >= 15 is 0 Å².